The predicted molar refractivity (Wildman–Crippen MR) is 301 cm³/mol. The average molecular weight is 923 g/mol. The minimum absolute atomic E-state index is 1.15. The van der Waals surface area contributed by atoms with Gasteiger partial charge in [0.25, 0.3) is 0 Å². The number of benzene rings is 11. The van der Waals surface area contributed by atoms with Crippen LogP contribution in [-0.4, -0.2) is 25.3 Å². The summed E-state index contributed by atoms with van der Waals surface area (Å²) in [5, 5.41) is 16.5. The molecule has 0 saturated carbocycles. The van der Waals surface area contributed by atoms with E-state index in [2.05, 4.69) is 288 Å². The van der Waals surface area contributed by atoms with Crippen LogP contribution in [0.3, 0.4) is 0 Å². The molecule has 1 aliphatic heterocycles. The molecule has 0 unspecified atom stereocenters. The van der Waals surface area contributed by atoms with Crippen LogP contribution in [0.25, 0.3) is 66.1 Å². The first-order valence-electron chi connectivity index (χ1n) is 24.3. The standard InChI is InChI=1S/C66H46N2Si2/c1-5-21-47(22-6-1)48-37-39-49(40-38-48)67-60-32-16-14-30-56(60)58-45-50(41-44-61(58)67)68-59-31-15-13-29-55(59)57-43-42-54(46-62(57)68)70(53-27-11-4-12-28-53)65-35-19-17-33-63(65)69(51-23-7-2-8-24-51,52-25-9-3-10-26-52)64-34-18-20-36-66(64)70/h1-46H. The zero-order valence-corrected chi connectivity index (χ0v) is 40.5. The lowest BCUT2D eigenvalue weighted by molar-refractivity contribution is 1.17. The van der Waals surface area contributed by atoms with E-state index in [0.29, 0.717) is 0 Å². The van der Waals surface area contributed by atoms with Crippen LogP contribution < -0.4 is 41.5 Å². The van der Waals surface area contributed by atoms with Crippen LogP contribution in [0.2, 0.25) is 0 Å². The molecular weight excluding hydrogens is 877 g/mol. The first kappa shape index (κ1) is 40.5. The van der Waals surface area contributed by atoms with Gasteiger partial charge in [-0.2, -0.15) is 0 Å². The van der Waals surface area contributed by atoms with Crippen LogP contribution in [0.4, 0.5) is 0 Å². The van der Waals surface area contributed by atoms with E-state index in [-0.39, 0.29) is 0 Å². The second-order valence-corrected chi connectivity index (χ2v) is 26.2. The van der Waals surface area contributed by atoms with E-state index in [4.69, 9.17) is 0 Å². The van der Waals surface area contributed by atoms with E-state index < -0.39 is 16.1 Å². The smallest absolute Gasteiger partial charge is 0.179 e. The maximum atomic E-state index is 2.59. The van der Waals surface area contributed by atoms with E-state index in [1.54, 1.807) is 0 Å². The Morgan fingerprint density at radius 2 is 0.586 bits per heavy atom. The second kappa shape index (κ2) is 16.0. The van der Waals surface area contributed by atoms with Crippen LogP contribution in [-0.2, 0) is 0 Å². The molecule has 1 aliphatic rings. The molecule has 0 spiro atoms. The molecule has 3 heterocycles. The topological polar surface area (TPSA) is 9.86 Å². The Balaban J connectivity index is 1.03. The molecule has 2 aromatic heterocycles. The molecule has 0 saturated heterocycles. The third kappa shape index (κ3) is 5.78. The molecule has 14 rings (SSSR count). The normalized spacial score (nSPS) is 13.7. The number of fused-ring (bicyclic) bond motifs is 8. The van der Waals surface area contributed by atoms with Gasteiger partial charge in [0, 0.05) is 32.9 Å². The Morgan fingerprint density at radius 3 is 1.11 bits per heavy atom. The fourth-order valence-corrected chi connectivity index (χ4v) is 24.6. The minimum atomic E-state index is -3.04. The van der Waals surface area contributed by atoms with Crippen molar-refractivity contribution < 1.29 is 0 Å². The lowest BCUT2D eigenvalue weighted by Crippen LogP contribution is -2.93. The van der Waals surface area contributed by atoms with Gasteiger partial charge in [-0.3, -0.25) is 0 Å². The molecule has 0 atom stereocenters. The number of para-hydroxylation sites is 2. The van der Waals surface area contributed by atoms with Gasteiger partial charge in [-0.15, -0.1) is 0 Å². The second-order valence-electron chi connectivity index (χ2n) is 18.7. The third-order valence-electron chi connectivity index (χ3n) is 15.3. The summed E-state index contributed by atoms with van der Waals surface area (Å²) >= 11 is 0. The molecule has 4 heteroatoms. The summed E-state index contributed by atoms with van der Waals surface area (Å²) in [5.74, 6) is 0. The van der Waals surface area contributed by atoms with E-state index in [1.807, 2.05) is 0 Å². The highest BCUT2D eigenvalue weighted by Crippen LogP contribution is 2.37. The van der Waals surface area contributed by atoms with Gasteiger partial charge < -0.3 is 9.13 Å². The number of nitrogens with zero attached hydrogens (tertiary/aromatic N) is 2. The summed E-state index contributed by atoms with van der Waals surface area (Å²) in [6.07, 6.45) is 0. The summed E-state index contributed by atoms with van der Waals surface area (Å²) < 4.78 is 4.96. The van der Waals surface area contributed by atoms with E-state index >= 15 is 0 Å². The van der Waals surface area contributed by atoms with Gasteiger partial charge in [0.15, 0.2) is 16.1 Å². The zero-order valence-electron chi connectivity index (χ0n) is 38.5. The molecule has 70 heavy (non-hydrogen) atoms. The van der Waals surface area contributed by atoms with Crippen LogP contribution in [0, 0.1) is 0 Å². The molecule has 0 fully saturated rings. The molecule has 328 valence electrons. The van der Waals surface area contributed by atoms with Gasteiger partial charge in [0.2, 0.25) is 0 Å². The molecule has 2 nitrogen and oxygen atoms in total. The van der Waals surface area contributed by atoms with Crippen LogP contribution >= 0.6 is 0 Å². The monoisotopic (exact) mass is 922 g/mol. The highest BCUT2D eigenvalue weighted by molar-refractivity contribution is 7.33. The van der Waals surface area contributed by atoms with Crippen molar-refractivity contribution >= 4 is 101 Å². The van der Waals surface area contributed by atoms with Gasteiger partial charge in [0.1, 0.15) is 0 Å². The maximum absolute atomic E-state index is 3.04. The van der Waals surface area contributed by atoms with E-state index in [1.165, 1.54) is 96.2 Å². The molecule has 0 radical (unpaired) electrons. The summed E-state index contributed by atoms with van der Waals surface area (Å²) in [6, 6.07) is 106. The van der Waals surface area contributed by atoms with Gasteiger partial charge in [-0.1, -0.05) is 231 Å². The summed E-state index contributed by atoms with van der Waals surface area (Å²) in [4.78, 5) is 0. The predicted octanol–water partition coefficient (Wildman–Crippen LogP) is 10.6. The lowest BCUT2D eigenvalue weighted by Gasteiger charge is -2.48. The molecule has 0 N–H and O–H groups in total. The van der Waals surface area contributed by atoms with Crippen LogP contribution in [0.1, 0.15) is 0 Å². The summed E-state index contributed by atoms with van der Waals surface area (Å²) in [5.41, 5.74) is 9.54. The minimum Gasteiger partial charge on any atom is -0.309 e. The van der Waals surface area contributed by atoms with E-state index in [0.717, 1.165) is 11.4 Å². The van der Waals surface area contributed by atoms with Crippen molar-refractivity contribution in [2.75, 3.05) is 0 Å². The Morgan fingerprint density at radius 1 is 0.214 bits per heavy atom. The van der Waals surface area contributed by atoms with Crippen molar-refractivity contribution in [1.29, 1.82) is 0 Å². The highest BCUT2D eigenvalue weighted by Gasteiger charge is 2.56. The fraction of sp³-hybridized carbons (Fsp3) is 0. The van der Waals surface area contributed by atoms with Gasteiger partial charge in [0.05, 0.1) is 22.1 Å². The lowest BCUT2D eigenvalue weighted by atomic mass is 10.1. The summed E-state index contributed by atoms with van der Waals surface area (Å²) in [6.45, 7) is 0. The van der Waals surface area contributed by atoms with Gasteiger partial charge in [-0.25, -0.2) is 0 Å². The van der Waals surface area contributed by atoms with Crippen molar-refractivity contribution in [3.05, 3.63) is 279 Å². The van der Waals surface area contributed by atoms with Crippen molar-refractivity contribution in [1.82, 2.24) is 9.13 Å². The molecule has 0 aliphatic carbocycles. The third-order valence-corrected chi connectivity index (χ3v) is 25.6. The average Bonchev–Trinajstić information content (AvgIpc) is 3.96. The Kier molecular flexibility index (Phi) is 9.28. The Labute approximate surface area is 409 Å². The number of aromatic nitrogens is 2. The maximum Gasteiger partial charge on any atom is 0.179 e. The molecule has 0 amide bonds. The molecule has 11 aromatic carbocycles. The Bertz CT molecular complexity index is 4010. The molecule has 13 aromatic rings. The largest absolute Gasteiger partial charge is 0.309 e. The molecular formula is C66H46N2Si2. The van der Waals surface area contributed by atoms with Crippen molar-refractivity contribution in [2.45, 2.75) is 0 Å². The molecule has 0 bridgehead atoms. The fourth-order valence-electron chi connectivity index (χ4n) is 12.5. The van der Waals surface area contributed by atoms with Gasteiger partial charge >= 0.3 is 0 Å². The van der Waals surface area contributed by atoms with E-state index in [9.17, 15) is 0 Å². The SMILES string of the molecule is c1ccc(-c2ccc(-n3c4ccccc4c4cc(-n5c6ccccc6c6ccc([Si]7(c8ccccc8)c8ccccc8[Si](c8ccccc8)(c8ccccc8)c8ccccc87)cc65)ccc43)cc2)cc1. The zero-order chi connectivity index (χ0) is 46.2. The van der Waals surface area contributed by atoms with Crippen molar-refractivity contribution in [2.24, 2.45) is 0 Å². The number of rotatable bonds is 7. The van der Waals surface area contributed by atoms with Crippen LogP contribution in [0.15, 0.2) is 279 Å². The van der Waals surface area contributed by atoms with Crippen molar-refractivity contribution in [3.63, 3.8) is 0 Å². The van der Waals surface area contributed by atoms with Gasteiger partial charge in [-0.05, 0) is 101 Å². The highest BCUT2D eigenvalue weighted by atomic mass is 28.3. The quantitative estimate of drug-likeness (QED) is 0.141. The Hall–Kier alpha value is -8.55. The summed E-state index contributed by atoms with van der Waals surface area (Å²) in [7, 11) is -5.88. The number of hydrogen-bond acceptors (Lipinski definition) is 0. The first-order valence-corrected chi connectivity index (χ1v) is 28.3. The van der Waals surface area contributed by atoms with Crippen LogP contribution in [0.5, 0.6) is 0 Å². The number of hydrogen-bond donors (Lipinski definition) is 0. The van der Waals surface area contributed by atoms with Crippen molar-refractivity contribution in [3.8, 4) is 22.5 Å². The first-order chi connectivity index (χ1) is 34.7.